The van der Waals surface area contributed by atoms with Crippen LogP contribution >= 0.6 is 0 Å². The Balaban J connectivity index is 1.83. The van der Waals surface area contributed by atoms with Gasteiger partial charge < -0.3 is 10.1 Å². The zero-order valence-electron chi connectivity index (χ0n) is 13.1. The van der Waals surface area contributed by atoms with E-state index in [2.05, 4.69) is 42.3 Å². The first-order chi connectivity index (χ1) is 9.70. The number of benzene rings is 1. The van der Waals surface area contributed by atoms with Crippen molar-refractivity contribution < 1.29 is 4.74 Å². The van der Waals surface area contributed by atoms with Gasteiger partial charge in [0, 0.05) is 12.6 Å². The molecule has 0 aromatic heterocycles. The zero-order valence-corrected chi connectivity index (χ0v) is 13.1. The maximum Gasteiger partial charge on any atom is 0.122 e. The molecule has 0 amide bonds. The van der Waals surface area contributed by atoms with Crippen LogP contribution in [0.5, 0.6) is 5.75 Å². The predicted molar refractivity (Wildman–Crippen MR) is 84.4 cm³/mol. The molecule has 2 rings (SSSR count). The number of nitrogens with one attached hydrogen (secondary N) is 1. The molecule has 3 nitrogen and oxygen atoms in total. The van der Waals surface area contributed by atoms with Crippen LogP contribution in [0.2, 0.25) is 0 Å². The fraction of sp³-hybridized carbons (Fsp3) is 0.647. The topological polar surface area (TPSA) is 24.5 Å². The average molecular weight is 276 g/mol. The van der Waals surface area contributed by atoms with E-state index < -0.39 is 0 Å². The molecule has 1 atom stereocenters. The quantitative estimate of drug-likeness (QED) is 0.864. The number of rotatable bonds is 6. The summed E-state index contributed by atoms with van der Waals surface area (Å²) in [5.74, 6) is 1.02. The van der Waals surface area contributed by atoms with Crippen molar-refractivity contribution >= 4 is 0 Å². The molecule has 1 fully saturated rings. The molecule has 112 valence electrons. The Labute approximate surface area is 123 Å². The summed E-state index contributed by atoms with van der Waals surface area (Å²) in [6.07, 6.45) is 4.08. The molecule has 1 saturated heterocycles. The molecule has 1 N–H and O–H groups in total. The van der Waals surface area contributed by atoms with Crippen molar-refractivity contribution in [1.82, 2.24) is 10.2 Å². The van der Waals surface area contributed by atoms with Crippen LogP contribution in [0.3, 0.4) is 0 Å². The van der Waals surface area contributed by atoms with Gasteiger partial charge in [0.1, 0.15) is 12.4 Å². The number of ether oxygens (including phenoxy) is 1. The summed E-state index contributed by atoms with van der Waals surface area (Å²) in [4.78, 5) is 2.51. The van der Waals surface area contributed by atoms with Crippen LogP contribution < -0.4 is 10.1 Å². The Kier molecular flexibility index (Phi) is 5.86. The van der Waals surface area contributed by atoms with Crippen molar-refractivity contribution in [3.63, 3.8) is 0 Å². The van der Waals surface area contributed by atoms with E-state index >= 15 is 0 Å². The number of piperidine rings is 1. The van der Waals surface area contributed by atoms with E-state index in [1.54, 1.807) is 0 Å². The van der Waals surface area contributed by atoms with Crippen LogP contribution in [0.25, 0.3) is 0 Å². The van der Waals surface area contributed by atoms with Crippen molar-refractivity contribution in [2.24, 2.45) is 0 Å². The third-order valence-electron chi connectivity index (χ3n) is 4.25. The van der Waals surface area contributed by atoms with Crippen molar-refractivity contribution in [1.29, 1.82) is 0 Å². The summed E-state index contributed by atoms with van der Waals surface area (Å²) >= 11 is 0. The van der Waals surface area contributed by atoms with Crippen LogP contribution in [-0.4, -0.2) is 38.2 Å². The van der Waals surface area contributed by atoms with Crippen molar-refractivity contribution in [3.8, 4) is 5.75 Å². The van der Waals surface area contributed by atoms with Gasteiger partial charge in [-0.25, -0.2) is 0 Å². The van der Waals surface area contributed by atoms with E-state index in [4.69, 9.17) is 4.74 Å². The third kappa shape index (κ3) is 4.22. The minimum Gasteiger partial charge on any atom is -0.492 e. The maximum absolute atomic E-state index is 5.95. The molecule has 1 heterocycles. The van der Waals surface area contributed by atoms with Crippen molar-refractivity contribution in [2.45, 2.75) is 39.2 Å². The fourth-order valence-electron chi connectivity index (χ4n) is 2.74. The lowest BCUT2D eigenvalue weighted by atomic mass is 10.1. The van der Waals surface area contributed by atoms with E-state index in [1.807, 2.05) is 7.05 Å². The maximum atomic E-state index is 5.95. The minimum absolute atomic E-state index is 0.385. The number of likely N-dealkylation sites (tertiary alicyclic amines) is 1. The molecule has 1 aliphatic heterocycles. The highest BCUT2D eigenvalue weighted by Crippen LogP contribution is 2.22. The molecule has 0 saturated carbocycles. The second-order valence-electron chi connectivity index (χ2n) is 5.79. The smallest absolute Gasteiger partial charge is 0.122 e. The lowest BCUT2D eigenvalue weighted by Crippen LogP contribution is -2.33. The van der Waals surface area contributed by atoms with E-state index in [9.17, 15) is 0 Å². The largest absolute Gasteiger partial charge is 0.492 e. The van der Waals surface area contributed by atoms with Crippen molar-refractivity contribution in [3.05, 3.63) is 29.3 Å². The van der Waals surface area contributed by atoms with E-state index in [0.717, 1.165) is 18.9 Å². The normalized spacial score (nSPS) is 17.9. The van der Waals surface area contributed by atoms with Crippen LogP contribution in [0.15, 0.2) is 18.2 Å². The molecule has 3 heteroatoms. The fourth-order valence-corrected chi connectivity index (χ4v) is 2.74. The summed E-state index contributed by atoms with van der Waals surface area (Å²) in [5, 5.41) is 3.27. The molecule has 0 radical (unpaired) electrons. The molecular formula is C17H28N2O. The van der Waals surface area contributed by atoms with Gasteiger partial charge in [-0.05, 0) is 64.0 Å². The Morgan fingerprint density at radius 1 is 1.25 bits per heavy atom. The predicted octanol–water partition coefficient (Wildman–Crippen LogP) is 3.14. The number of aryl methyl sites for hydroxylation is 1. The molecular weight excluding hydrogens is 248 g/mol. The van der Waals surface area contributed by atoms with Crippen LogP contribution in [0.4, 0.5) is 0 Å². The lowest BCUT2D eigenvalue weighted by molar-refractivity contribution is 0.183. The average Bonchev–Trinajstić information content (AvgIpc) is 2.49. The Morgan fingerprint density at radius 3 is 2.65 bits per heavy atom. The highest BCUT2D eigenvalue weighted by Gasteiger charge is 2.10. The van der Waals surface area contributed by atoms with Gasteiger partial charge >= 0.3 is 0 Å². The van der Waals surface area contributed by atoms with E-state index in [-0.39, 0.29) is 0 Å². The van der Waals surface area contributed by atoms with Gasteiger partial charge in [-0.2, -0.15) is 0 Å². The summed E-state index contributed by atoms with van der Waals surface area (Å²) in [7, 11) is 1.99. The van der Waals surface area contributed by atoms with Gasteiger partial charge in [-0.3, -0.25) is 4.90 Å². The van der Waals surface area contributed by atoms with E-state index in [1.165, 1.54) is 43.5 Å². The molecule has 0 spiro atoms. The Morgan fingerprint density at radius 2 is 2.00 bits per heavy atom. The van der Waals surface area contributed by atoms with Gasteiger partial charge in [-0.1, -0.05) is 18.6 Å². The lowest BCUT2D eigenvalue weighted by Gasteiger charge is -2.26. The molecule has 20 heavy (non-hydrogen) atoms. The summed E-state index contributed by atoms with van der Waals surface area (Å²) in [5.41, 5.74) is 2.54. The van der Waals surface area contributed by atoms with Crippen LogP contribution in [-0.2, 0) is 0 Å². The Bertz CT molecular complexity index is 413. The van der Waals surface area contributed by atoms with Crippen LogP contribution in [0.1, 0.15) is 43.4 Å². The van der Waals surface area contributed by atoms with Gasteiger partial charge in [0.25, 0.3) is 0 Å². The highest BCUT2D eigenvalue weighted by atomic mass is 16.5. The van der Waals surface area contributed by atoms with Gasteiger partial charge in [0.15, 0.2) is 0 Å². The second-order valence-corrected chi connectivity index (χ2v) is 5.79. The molecule has 1 unspecified atom stereocenters. The molecule has 0 aliphatic carbocycles. The zero-order chi connectivity index (χ0) is 14.4. The first-order valence-corrected chi connectivity index (χ1v) is 7.83. The first-order valence-electron chi connectivity index (χ1n) is 7.83. The van der Waals surface area contributed by atoms with Gasteiger partial charge in [0.2, 0.25) is 0 Å². The standard InChI is InChI=1S/C17H28N2O/c1-14-13-16(15(2)18-3)7-8-17(14)20-12-11-19-9-5-4-6-10-19/h7-8,13,15,18H,4-6,9-12H2,1-3H3. The Hall–Kier alpha value is -1.06. The second kappa shape index (κ2) is 7.65. The molecule has 0 bridgehead atoms. The monoisotopic (exact) mass is 276 g/mol. The SMILES string of the molecule is CNC(C)c1ccc(OCCN2CCCCC2)c(C)c1. The number of nitrogens with zero attached hydrogens (tertiary/aromatic N) is 1. The molecule has 1 aliphatic rings. The molecule has 1 aromatic carbocycles. The first kappa shape index (κ1) is 15.3. The van der Waals surface area contributed by atoms with E-state index in [0.29, 0.717) is 6.04 Å². The van der Waals surface area contributed by atoms with Crippen molar-refractivity contribution in [2.75, 3.05) is 33.3 Å². The summed E-state index contributed by atoms with van der Waals surface area (Å²) < 4.78 is 5.95. The number of hydrogen-bond donors (Lipinski definition) is 1. The summed E-state index contributed by atoms with van der Waals surface area (Å²) in [6, 6.07) is 6.87. The molecule has 1 aromatic rings. The van der Waals surface area contributed by atoms with Gasteiger partial charge in [0.05, 0.1) is 0 Å². The minimum atomic E-state index is 0.385. The highest BCUT2D eigenvalue weighted by molar-refractivity contribution is 5.37. The number of hydrogen-bond acceptors (Lipinski definition) is 3. The van der Waals surface area contributed by atoms with Crippen LogP contribution in [0, 0.1) is 6.92 Å². The van der Waals surface area contributed by atoms with Gasteiger partial charge in [-0.15, -0.1) is 0 Å². The summed E-state index contributed by atoms with van der Waals surface area (Å²) in [6.45, 7) is 8.62. The third-order valence-corrected chi connectivity index (χ3v) is 4.25.